The molecule has 1 amide bonds. The third-order valence-corrected chi connectivity index (χ3v) is 6.02. The van der Waals surface area contributed by atoms with Crippen LogP contribution < -0.4 is 5.32 Å². The molecule has 0 spiro atoms. The lowest BCUT2D eigenvalue weighted by Crippen LogP contribution is -2.15. The maximum absolute atomic E-state index is 13.0. The second-order valence-electron chi connectivity index (χ2n) is 7.17. The van der Waals surface area contributed by atoms with Crippen LogP contribution >= 0.6 is 11.6 Å². The highest BCUT2D eigenvalue weighted by molar-refractivity contribution is 7.90. The van der Waals surface area contributed by atoms with Gasteiger partial charge in [-0.25, -0.2) is 4.68 Å². The van der Waals surface area contributed by atoms with E-state index in [1.807, 2.05) is 0 Å². The van der Waals surface area contributed by atoms with Gasteiger partial charge in [0.2, 0.25) is 5.91 Å². The van der Waals surface area contributed by atoms with Crippen LogP contribution in [0.3, 0.4) is 0 Å². The van der Waals surface area contributed by atoms with E-state index in [1.165, 1.54) is 23.1 Å². The van der Waals surface area contributed by atoms with E-state index in [0.29, 0.717) is 15.3 Å². The first-order chi connectivity index (χ1) is 15.6. The fourth-order valence-corrected chi connectivity index (χ4v) is 4.24. The number of halogens is 3. The van der Waals surface area contributed by atoms with Gasteiger partial charge in [-0.05, 0) is 23.8 Å². The molecule has 3 rings (SSSR count). The number of nitrogens with one attached hydrogen (secondary N) is 1. The molecule has 0 fully saturated rings. The largest absolute Gasteiger partial charge is 0.368 e. The highest BCUT2D eigenvalue weighted by Gasteiger charge is 2.22. The predicted octanol–water partition coefficient (Wildman–Crippen LogP) is 4.06. The van der Waals surface area contributed by atoms with Crippen molar-refractivity contribution in [3.8, 4) is 11.1 Å². The highest BCUT2D eigenvalue weighted by Crippen LogP contribution is 2.32. The van der Waals surface area contributed by atoms with Crippen LogP contribution in [0.2, 0.25) is 5.02 Å². The lowest BCUT2D eigenvalue weighted by molar-refractivity contribution is -0.115. The summed E-state index contributed by atoms with van der Waals surface area (Å²) in [6.07, 6.45) is 3.24. The van der Waals surface area contributed by atoms with Crippen molar-refractivity contribution in [2.24, 2.45) is 4.40 Å². The summed E-state index contributed by atoms with van der Waals surface area (Å²) in [5.41, 5.74) is 1.07. The minimum absolute atomic E-state index is 0.0244. The first kappa shape index (κ1) is 24.3. The normalized spacial score (nSPS) is 11.8. The Kier molecular flexibility index (Phi) is 7.44. The van der Waals surface area contributed by atoms with Gasteiger partial charge < -0.3 is 10.2 Å². The number of carbonyl (C=O) groups is 1. The average Bonchev–Trinajstić information content (AvgIpc) is 3.24. The number of rotatable bonds is 8. The van der Waals surface area contributed by atoms with Gasteiger partial charge in [-0.1, -0.05) is 35.9 Å². The Balaban J connectivity index is 1.98. The van der Waals surface area contributed by atoms with Crippen molar-refractivity contribution in [1.82, 2.24) is 14.7 Å². The number of aromatic nitrogens is 2. The molecule has 0 unspecified atom stereocenters. The van der Waals surface area contributed by atoms with Crippen LogP contribution in [0, 0.1) is 0 Å². The van der Waals surface area contributed by atoms with Gasteiger partial charge in [0, 0.05) is 42.1 Å². The summed E-state index contributed by atoms with van der Waals surface area (Å²) in [5, 5.41) is 6.62. The quantitative estimate of drug-likeness (QED) is 0.375. The van der Waals surface area contributed by atoms with E-state index in [-0.39, 0.29) is 28.1 Å². The molecule has 33 heavy (non-hydrogen) atoms. The fraction of sp³-hybridized carbons (Fsp3) is 0.190. The topological polar surface area (TPSA) is 96.7 Å². The van der Waals surface area contributed by atoms with Crippen LogP contribution in [0.25, 0.3) is 11.1 Å². The van der Waals surface area contributed by atoms with Gasteiger partial charge in [0.05, 0.1) is 17.5 Å². The van der Waals surface area contributed by atoms with E-state index >= 15 is 0 Å². The molecule has 0 saturated heterocycles. The molecule has 1 heterocycles. The number of hydrogen-bond acceptors (Lipinski definition) is 4. The van der Waals surface area contributed by atoms with Gasteiger partial charge in [-0.2, -0.15) is 22.3 Å². The SMILES string of the molecule is CN(C)C=NS(=O)(=O)c1cc(NC(=O)Cc2ccccc2Cl)ccc1-c1cnn(C(F)F)c1. The van der Waals surface area contributed by atoms with Crippen LogP contribution in [0.1, 0.15) is 12.1 Å². The Morgan fingerprint density at radius 1 is 1.27 bits per heavy atom. The van der Waals surface area contributed by atoms with Crippen molar-refractivity contribution in [2.75, 3.05) is 19.4 Å². The standard InChI is InChI=1S/C21H20ClF2N5O3S/c1-28(2)13-26-33(31,32)19-10-16(27-20(30)9-14-5-3-4-6-18(14)22)7-8-17(19)15-11-25-29(12-15)21(23)24/h3-8,10-13,21H,9H2,1-2H3,(H,27,30). The first-order valence-electron chi connectivity index (χ1n) is 9.53. The molecule has 174 valence electrons. The van der Waals surface area contributed by atoms with E-state index in [9.17, 15) is 22.0 Å². The Labute approximate surface area is 194 Å². The Morgan fingerprint density at radius 3 is 2.64 bits per heavy atom. The van der Waals surface area contributed by atoms with Crippen molar-refractivity contribution in [3.63, 3.8) is 0 Å². The maximum atomic E-state index is 13.0. The molecular weight excluding hydrogens is 476 g/mol. The number of benzene rings is 2. The third-order valence-electron chi connectivity index (χ3n) is 4.38. The maximum Gasteiger partial charge on any atom is 0.333 e. The molecule has 8 nitrogen and oxygen atoms in total. The van der Waals surface area contributed by atoms with E-state index in [0.717, 1.165) is 18.7 Å². The van der Waals surface area contributed by atoms with Gasteiger partial charge in [-0.15, -0.1) is 4.40 Å². The van der Waals surface area contributed by atoms with E-state index in [1.54, 1.807) is 38.4 Å². The van der Waals surface area contributed by atoms with Gasteiger partial charge in [0.1, 0.15) is 6.34 Å². The van der Waals surface area contributed by atoms with Gasteiger partial charge >= 0.3 is 6.55 Å². The molecule has 0 bridgehead atoms. The van der Waals surface area contributed by atoms with E-state index in [2.05, 4.69) is 14.8 Å². The molecule has 0 atom stereocenters. The van der Waals surface area contributed by atoms with E-state index < -0.39 is 22.5 Å². The summed E-state index contributed by atoms with van der Waals surface area (Å²) in [6.45, 7) is -2.88. The second kappa shape index (κ2) is 10.1. The number of nitrogens with zero attached hydrogens (tertiary/aromatic N) is 4. The van der Waals surface area contributed by atoms with E-state index in [4.69, 9.17) is 11.6 Å². The van der Waals surface area contributed by atoms with Crippen LogP contribution in [-0.2, 0) is 21.2 Å². The number of sulfonamides is 1. The monoisotopic (exact) mass is 495 g/mol. The number of amides is 1. The molecule has 0 radical (unpaired) electrons. The Morgan fingerprint density at radius 2 is 2.00 bits per heavy atom. The Bertz CT molecular complexity index is 1290. The van der Waals surface area contributed by atoms with Crippen molar-refractivity contribution in [2.45, 2.75) is 17.9 Å². The third kappa shape index (κ3) is 6.14. The lowest BCUT2D eigenvalue weighted by atomic mass is 10.1. The molecule has 0 aliphatic carbocycles. The van der Waals surface area contributed by atoms with Crippen molar-refractivity contribution in [3.05, 3.63) is 65.4 Å². The summed E-state index contributed by atoms with van der Waals surface area (Å²) < 4.78 is 55.8. The summed E-state index contributed by atoms with van der Waals surface area (Å²) in [5.74, 6) is -0.415. The zero-order valence-electron chi connectivity index (χ0n) is 17.6. The molecule has 12 heteroatoms. The van der Waals surface area contributed by atoms with Crippen LogP contribution in [0.4, 0.5) is 14.5 Å². The first-order valence-corrected chi connectivity index (χ1v) is 11.4. The average molecular weight is 496 g/mol. The summed E-state index contributed by atoms with van der Waals surface area (Å²) >= 11 is 6.09. The predicted molar refractivity (Wildman–Crippen MR) is 122 cm³/mol. The molecule has 1 N–H and O–H groups in total. The molecule has 1 aromatic heterocycles. The van der Waals surface area contributed by atoms with Crippen molar-refractivity contribution < 1.29 is 22.0 Å². The zero-order chi connectivity index (χ0) is 24.2. The summed E-state index contributed by atoms with van der Waals surface area (Å²) in [6, 6.07) is 10.9. The molecular formula is C21H20ClF2N5O3S. The summed E-state index contributed by atoms with van der Waals surface area (Å²) in [4.78, 5) is 13.6. The Hall–Kier alpha value is -3.31. The number of anilines is 1. The van der Waals surface area contributed by atoms with Crippen LogP contribution in [-0.4, -0.2) is 49.4 Å². The van der Waals surface area contributed by atoms with Gasteiger partial charge in [-0.3, -0.25) is 4.79 Å². The molecule has 0 aliphatic heterocycles. The smallest absolute Gasteiger partial charge is 0.333 e. The molecule has 2 aromatic carbocycles. The van der Waals surface area contributed by atoms with Crippen LogP contribution in [0.5, 0.6) is 0 Å². The molecule has 3 aromatic rings. The fourth-order valence-electron chi connectivity index (χ4n) is 2.87. The minimum Gasteiger partial charge on any atom is -0.368 e. The van der Waals surface area contributed by atoms with Gasteiger partial charge in [0.15, 0.2) is 0 Å². The number of alkyl halides is 2. The minimum atomic E-state index is -4.24. The number of hydrogen-bond donors (Lipinski definition) is 1. The van der Waals surface area contributed by atoms with Gasteiger partial charge in [0.25, 0.3) is 10.0 Å². The molecule has 0 aliphatic rings. The lowest BCUT2D eigenvalue weighted by Gasteiger charge is -2.12. The van der Waals surface area contributed by atoms with Crippen molar-refractivity contribution >= 4 is 39.6 Å². The van der Waals surface area contributed by atoms with Crippen LogP contribution in [0.15, 0.2) is 64.2 Å². The zero-order valence-corrected chi connectivity index (χ0v) is 19.2. The summed E-state index contributed by atoms with van der Waals surface area (Å²) in [7, 11) is -1.05. The van der Waals surface area contributed by atoms with Crippen molar-refractivity contribution in [1.29, 1.82) is 0 Å². The highest BCUT2D eigenvalue weighted by atomic mass is 35.5. The molecule has 0 saturated carbocycles. The second-order valence-corrected chi connectivity index (χ2v) is 9.18. The number of carbonyl (C=O) groups excluding carboxylic acids is 1.